The molecule has 1 aromatic heterocycles. The normalized spacial score (nSPS) is 10.1. The molecule has 2 aromatic carbocycles. The largest absolute Gasteiger partial charge is 0.339 e. The second-order valence-corrected chi connectivity index (χ2v) is 6.42. The molecule has 2 N–H and O–H groups in total. The van der Waals surface area contributed by atoms with E-state index in [-0.39, 0.29) is 5.69 Å². The molecule has 27 heavy (non-hydrogen) atoms. The van der Waals surface area contributed by atoms with Crippen molar-refractivity contribution < 1.29 is 4.79 Å². The first-order valence-electron chi connectivity index (χ1n) is 7.84. The van der Waals surface area contributed by atoms with Gasteiger partial charge in [0, 0.05) is 16.8 Å². The van der Waals surface area contributed by atoms with Crippen LogP contribution in [0.4, 0.5) is 17.2 Å². The molecule has 0 bridgehead atoms. The van der Waals surface area contributed by atoms with Crippen LogP contribution in [-0.4, -0.2) is 15.9 Å². The molecule has 0 saturated carbocycles. The summed E-state index contributed by atoms with van der Waals surface area (Å²) in [6, 6.07) is 15.1. The third-order valence-corrected chi connectivity index (χ3v) is 4.08. The lowest BCUT2D eigenvalue weighted by Gasteiger charge is -2.10. The van der Waals surface area contributed by atoms with Crippen LogP contribution < -0.4 is 10.6 Å². The fraction of sp³-hybridized carbons (Fsp3) is 0.0526. The number of hydrogen-bond acceptors (Lipinski definition) is 5. The minimum atomic E-state index is -0.393. The number of anilines is 3. The molecule has 0 atom stereocenters. The van der Waals surface area contributed by atoms with E-state index in [4.69, 9.17) is 28.5 Å². The van der Waals surface area contributed by atoms with Gasteiger partial charge in [-0.15, -0.1) is 0 Å². The topological polar surface area (TPSA) is 90.7 Å². The standard InChI is InChI=1S/C19H13Cl2N5O/c1-11-23-17(19(27)25-14-5-2-12(10-22)3-6-14)9-18(24-11)26-16-7-4-13(20)8-15(16)21/h2-9H,1H3,(H,25,27)(H,23,24,26). The van der Waals surface area contributed by atoms with Gasteiger partial charge in [-0.2, -0.15) is 5.26 Å². The van der Waals surface area contributed by atoms with Gasteiger partial charge in [0.25, 0.3) is 5.91 Å². The Morgan fingerprint density at radius 2 is 1.81 bits per heavy atom. The van der Waals surface area contributed by atoms with Crippen molar-refractivity contribution in [2.75, 3.05) is 10.6 Å². The predicted octanol–water partition coefficient (Wildman–Crippen LogP) is 4.96. The third kappa shape index (κ3) is 4.73. The van der Waals surface area contributed by atoms with Crippen LogP contribution >= 0.6 is 23.2 Å². The molecule has 1 heterocycles. The van der Waals surface area contributed by atoms with E-state index in [1.165, 1.54) is 6.07 Å². The van der Waals surface area contributed by atoms with Crippen molar-refractivity contribution >= 4 is 46.3 Å². The van der Waals surface area contributed by atoms with Gasteiger partial charge >= 0.3 is 0 Å². The summed E-state index contributed by atoms with van der Waals surface area (Å²) in [4.78, 5) is 20.9. The molecule has 0 fully saturated rings. The van der Waals surface area contributed by atoms with Gasteiger partial charge in [0.1, 0.15) is 17.3 Å². The number of aryl methyl sites for hydroxylation is 1. The van der Waals surface area contributed by atoms with Crippen LogP contribution in [0.2, 0.25) is 10.0 Å². The molecule has 0 aliphatic carbocycles. The number of benzene rings is 2. The molecule has 1 amide bonds. The van der Waals surface area contributed by atoms with Gasteiger partial charge in [0.2, 0.25) is 0 Å². The van der Waals surface area contributed by atoms with Gasteiger partial charge in [0.05, 0.1) is 22.3 Å². The Morgan fingerprint density at radius 3 is 2.48 bits per heavy atom. The van der Waals surface area contributed by atoms with Crippen LogP contribution in [0.1, 0.15) is 21.9 Å². The smallest absolute Gasteiger partial charge is 0.274 e. The Bertz CT molecular complexity index is 1040. The Kier molecular flexibility index (Phi) is 5.55. The fourth-order valence-electron chi connectivity index (χ4n) is 2.30. The summed E-state index contributed by atoms with van der Waals surface area (Å²) in [5, 5.41) is 15.6. The predicted molar refractivity (Wildman–Crippen MR) is 106 cm³/mol. The quantitative estimate of drug-likeness (QED) is 0.648. The second-order valence-electron chi connectivity index (χ2n) is 5.58. The number of nitrogens with zero attached hydrogens (tertiary/aromatic N) is 3. The van der Waals surface area contributed by atoms with Crippen LogP contribution in [-0.2, 0) is 0 Å². The highest BCUT2D eigenvalue weighted by molar-refractivity contribution is 6.36. The number of hydrogen-bond donors (Lipinski definition) is 2. The number of halogens is 2. The van der Waals surface area contributed by atoms with E-state index in [0.29, 0.717) is 38.6 Å². The summed E-state index contributed by atoms with van der Waals surface area (Å²) in [5.74, 6) is 0.460. The lowest BCUT2D eigenvalue weighted by atomic mass is 10.2. The Morgan fingerprint density at radius 1 is 1.07 bits per heavy atom. The van der Waals surface area contributed by atoms with E-state index in [9.17, 15) is 4.79 Å². The molecule has 3 rings (SSSR count). The van der Waals surface area contributed by atoms with Gasteiger partial charge < -0.3 is 10.6 Å². The first kappa shape index (κ1) is 18.6. The molecular formula is C19H13Cl2N5O. The summed E-state index contributed by atoms with van der Waals surface area (Å²) in [7, 11) is 0. The minimum absolute atomic E-state index is 0.194. The van der Waals surface area contributed by atoms with Gasteiger partial charge in [-0.25, -0.2) is 9.97 Å². The van der Waals surface area contributed by atoms with E-state index in [0.717, 1.165) is 0 Å². The average molecular weight is 398 g/mol. The number of amides is 1. The van der Waals surface area contributed by atoms with E-state index < -0.39 is 5.91 Å². The number of carbonyl (C=O) groups excluding carboxylic acids is 1. The molecule has 6 nitrogen and oxygen atoms in total. The van der Waals surface area contributed by atoms with Crippen LogP contribution in [0.25, 0.3) is 0 Å². The van der Waals surface area contributed by atoms with Crippen LogP contribution in [0.5, 0.6) is 0 Å². The van der Waals surface area contributed by atoms with E-state index >= 15 is 0 Å². The SMILES string of the molecule is Cc1nc(Nc2ccc(Cl)cc2Cl)cc(C(=O)Nc2ccc(C#N)cc2)n1. The zero-order chi connectivity index (χ0) is 19.4. The average Bonchev–Trinajstić information content (AvgIpc) is 2.64. The summed E-state index contributed by atoms with van der Waals surface area (Å²) in [5.41, 5.74) is 1.87. The minimum Gasteiger partial charge on any atom is -0.339 e. The Hall–Kier alpha value is -3.14. The van der Waals surface area contributed by atoms with E-state index in [1.54, 1.807) is 49.4 Å². The van der Waals surface area contributed by atoms with Crippen molar-refractivity contribution in [1.82, 2.24) is 9.97 Å². The number of aromatic nitrogens is 2. The molecule has 0 spiro atoms. The second kappa shape index (κ2) is 8.04. The number of nitrogens with one attached hydrogen (secondary N) is 2. The molecule has 3 aromatic rings. The Balaban J connectivity index is 1.81. The van der Waals surface area contributed by atoms with Crippen LogP contribution in [0.15, 0.2) is 48.5 Å². The highest BCUT2D eigenvalue weighted by atomic mass is 35.5. The maximum absolute atomic E-state index is 12.5. The number of carbonyl (C=O) groups is 1. The van der Waals surface area contributed by atoms with Gasteiger partial charge in [-0.3, -0.25) is 4.79 Å². The first-order valence-corrected chi connectivity index (χ1v) is 8.59. The number of rotatable bonds is 4. The molecule has 0 saturated heterocycles. The first-order chi connectivity index (χ1) is 12.9. The molecular weight excluding hydrogens is 385 g/mol. The monoisotopic (exact) mass is 397 g/mol. The summed E-state index contributed by atoms with van der Waals surface area (Å²) in [6.07, 6.45) is 0. The molecule has 0 unspecified atom stereocenters. The molecule has 0 aliphatic heterocycles. The maximum atomic E-state index is 12.5. The Labute approximate surface area is 165 Å². The zero-order valence-corrected chi connectivity index (χ0v) is 15.6. The summed E-state index contributed by atoms with van der Waals surface area (Å²) < 4.78 is 0. The van der Waals surface area contributed by atoms with Crippen molar-refractivity contribution in [3.8, 4) is 6.07 Å². The molecule has 8 heteroatoms. The zero-order valence-electron chi connectivity index (χ0n) is 14.1. The molecule has 0 aliphatic rings. The van der Waals surface area contributed by atoms with E-state index in [1.807, 2.05) is 6.07 Å². The van der Waals surface area contributed by atoms with Crippen LogP contribution in [0, 0.1) is 18.3 Å². The maximum Gasteiger partial charge on any atom is 0.274 e. The fourth-order valence-corrected chi connectivity index (χ4v) is 2.76. The van der Waals surface area contributed by atoms with E-state index in [2.05, 4.69) is 20.6 Å². The highest BCUT2D eigenvalue weighted by Crippen LogP contribution is 2.27. The summed E-state index contributed by atoms with van der Waals surface area (Å²) >= 11 is 12.1. The van der Waals surface area contributed by atoms with Crippen molar-refractivity contribution in [3.05, 3.63) is 75.7 Å². The molecule has 134 valence electrons. The van der Waals surface area contributed by atoms with Crippen molar-refractivity contribution in [1.29, 1.82) is 5.26 Å². The highest BCUT2D eigenvalue weighted by Gasteiger charge is 2.12. The summed E-state index contributed by atoms with van der Waals surface area (Å²) in [6.45, 7) is 1.69. The lowest BCUT2D eigenvalue weighted by Crippen LogP contribution is -2.15. The van der Waals surface area contributed by atoms with Crippen molar-refractivity contribution in [2.24, 2.45) is 0 Å². The van der Waals surface area contributed by atoms with Crippen molar-refractivity contribution in [3.63, 3.8) is 0 Å². The molecule has 0 radical (unpaired) electrons. The van der Waals surface area contributed by atoms with Gasteiger partial charge in [-0.05, 0) is 49.4 Å². The van der Waals surface area contributed by atoms with Crippen molar-refractivity contribution in [2.45, 2.75) is 6.92 Å². The third-order valence-electron chi connectivity index (χ3n) is 3.54. The lowest BCUT2D eigenvalue weighted by molar-refractivity contribution is 0.102. The van der Waals surface area contributed by atoms with Crippen LogP contribution in [0.3, 0.4) is 0 Å². The number of nitriles is 1. The van der Waals surface area contributed by atoms with Gasteiger partial charge in [-0.1, -0.05) is 23.2 Å². The van der Waals surface area contributed by atoms with Gasteiger partial charge in [0.15, 0.2) is 0 Å².